The van der Waals surface area contributed by atoms with E-state index in [2.05, 4.69) is 210 Å². The van der Waals surface area contributed by atoms with E-state index >= 15 is 0 Å². The third-order valence-corrected chi connectivity index (χ3v) is 10.2. The zero-order chi connectivity index (χ0) is 35.1. The van der Waals surface area contributed by atoms with Crippen molar-refractivity contribution >= 4 is 77.6 Å². The normalized spacial score (nSPS) is 11.4. The van der Waals surface area contributed by atoms with Crippen LogP contribution in [-0.2, 0) is 0 Å². The van der Waals surface area contributed by atoms with E-state index in [-0.39, 0.29) is 0 Å². The molecule has 0 bridgehead atoms. The Labute approximate surface area is 308 Å². The zero-order valence-electron chi connectivity index (χ0n) is 28.9. The van der Waals surface area contributed by atoms with Gasteiger partial charge in [-0.05, 0) is 106 Å². The fourth-order valence-corrected chi connectivity index (χ4v) is 7.72. The van der Waals surface area contributed by atoms with E-state index in [4.69, 9.17) is 4.42 Å². The average molecular weight is 679 g/mol. The van der Waals surface area contributed by atoms with Crippen LogP contribution in [0.2, 0.25) is 0 Å². The summed E-state index contributed by atoms with van der Waals surface area (Å²) in [4.78, 5) is 4.71. The highest BCUT2D eigenvalue weighted by atomic mass is 16.3. The van der Waals surface area contributed by atoms with Crippen LogP contribution in [0, 0.1) is 0 Å². The van der Waals surface area contributed by atoms with Crippen LogP contribution in [0.1, 0.15) is 0 Å². The molecule has 1 aromatic heterocycles. The van der Waals surface area contributed by atoms with Crippen molar-refractivity contribution in [3.8, 4) is 11.1 Å². The second kappa shape index (κ2) is 12.9. The summed E-state index contributed by atoms with van der Waals surface area (Å²) in [5, 5.41) is 6.97. The maximum atomic E-state index is 6.48. The van der Waals surface area contributed by atoms with Crippen molar-refractivity contribution in [2.75, 3.05) is 9.80 Å². The largest absolute Gasteiger partial charge is 0.456 e. The standard InChI is InChI=1S/C50H34N2O/c1-4-15-35(16-5-1)36-27-29-40(30-28-36)51(38-18-6-2-7-19-38)41-22-14-23-42(32-41)52(39-20-8-3-9-21-39)48-31-37-17-10-11-24-43(37)45-33-47-44-25-12-13-26-49(44)53-50(47)34-46(45)48/h1-34H. The number of rotatable bonds is 7. The van der Waals surface area contributed by atoms with E-state index in [0.29, 0.717) is 0 Å². The first-order chi connectivity index (χ1) is 26.3. The maximum absolute atomic E-state index is 6.48. The second-order valence-corrected chi connectivity index (χ2v) is 13.4. The van der Waals surface area contributed by atoms with Crippen molar-refractivity contribution in [2.45, 2.75) is 0 Å². The number of fused-ring (bicyclic) bond motifs is 6. The molecule has 3 nitrogen and oxygen atoms in total. The Balaban J connectivity index is 1.18. The molecule has 0 unspecified atom stereocenters. The van der Waals surface area contributed by atoms with Crippen LogP contribution in [-0.4, -0.2) is 0 Å². The molecule has 0 aliphatic carbocycles. The molecule has 0 atom stereocenters. The summed E-state index contributed by atoms with van der Waals surface area (Å²) in [6.45, 7) is 0. The van der Waals surface area contributed by atoms with Gasteiger partial charge in [-0.2, -0.15) is 0 Å². The lowest BCUT2D eigenvalue weighted by Gasteiger charge is -2.30. The van der Waals surface area contributed by atoms with Gasteiger partial charge in [0.25, 0.3) is 0 Å². The monoisotopic (exact) mass is 678 g/mol. The van der Waals surface area contributed by atoms with Gasteiger partial charge in [0.05, 0.1) is 5.69 Å². The molecule has 250 valence electrons. The van der Waals surface area contributed by atoms with Gasteiger partial charge in [0.2, 0.25) is 0 Å². The molecular weight excluding hydrogens is 645 g/mol. The van der Waals surface area contributed by atoms with Gasteiger partial charge >= 0.3 is 0 Å². The van der Waals surface area contributed by atoms with E-state index in [1.807, 2.05) is 6.07 Å². The molecule has 10 aromatic rings. The summed E-state index contributed by atoms with van der Waals surface area (Å²) in [7, 11) is 0. The van der Waals surface area contributed by atoms with Gasteiger partial charge in [0.15, 0.2) is 0 Å². The maximum Gasteiger partial charge on any atom is 0.136 e. The van der Waals surface area contributed by atoms with Gasteiger partial charge in [0, 0.05) is 44.6 Å². The SMILES string of the molecule is c1ccc(-c2ccc(N(c3ccccc3)c3cccc(N(c4ccccc4)c4cc5ccccc5c5cc6c(cc45)oc4ccccc46)c3)cc2)cc1. The van der Waals surface area contributed by atoms with Crippen LogP contribution in [0.25, 0.3) is 54.6 Å². The molecule has 0 N–H and O–H groups in total. The highest BCUT2D eigenvalue weighted by molar-refractivity contribution is 6.20. The van der Waals surface area contributed by atoms with Gasteiger partial charge in [-0.15, -0.1) is 0 Å². The van der Waals surface area contributed by atoms with Crippen molar-refractivity contribution < 1.29 is 4.42 Å². The molecule has 0 aliphatic rings. The molecule has 0 radical (unpaired) electrons. The first-order valence-corrected chi connectivity index (χ1v) is 18.0. The number of benzene rings is 9. The molecule has 0 amide bonds. The minimum absolute atomic E-state index is 0.881. The fourth-order valence-electron chi connectivity index (χ4n) is 7.72. The summed E-state index contributed by atoms with van der Waals surface area (Å²) < 4.78 is 6.48. The van der Waals surface area contributed by atoms with Crippen molar-refractivity contribution in [1.82, 2.24) is 0 Å². The number of hydrogen-bond acceptors (Lipinski definition) is 3. The quantitative estimate of drug-likeness (QED) is 0.156. The minimum atomic E-state index is 0.881. The second-order valence-electron chi connectivity index (χ2n) is 13.4. The van der Waals surface area contributed by atoms with Gasteiger partial charge in [-0.1, -0.05) is 127 Å². The van der Waals surface area contributed by atoms with Crippen molar-refractivity contribution in [2.24, 2.45) is 0 Å². The lowest BCUT2D eigenvalue weighted by Crippen LogP contribution is -2.13. The molecule has 9 aromatic carbocycles. The van der Waals surface area contributed by atoms with Crippen LogP contribution in [0.3, 0.4) is 0 Å². The summed E-state index contributed by atoms with van der Waals surface area (Å²) >= 11 is 0. The summed E-state index contributed by atoms with van der Waals surface area (Å²) in [6.07, 6.45) is 0. The fraction of sp³-hybridized carbons (Fsp3) is 0. The molecular formula is C50H34N2O. The molecule has 0 spiro atoms. The Morgan fingerprint density at radius 3 is 1.57 bits per heavy atom. The van der Waals surface area contributed by atoms with E-state index < -0.39 is 0 Å². The molecule has 0 saturated carbocycles. The predicted molar refractivity (Wildman–Crippen MR) is 224 cm³/mol. The van der Waals surface area contributed by atoms with Crippen molar-refractivity contribution in [3.63, 3.8) is 0 Å². The lowest BCUT2D eigenvalue weighted by atomic mass is 9.97. The molecule has 0 saturated heterocycles. The summed E-state index contributed by atoms with van der Waals surface area (Å²) in [5.41, 5.74) is 10.6. The highest BCUT2D eigenvalue weighted by Gasteiger charge is 2.21. The first kappa shape index (κ1) is 30.7. The zero-order valence-corrected chi connectivity index (χ0v) is 28.9. The third-order valence-electron chi connectivity index (χ3n) is 10.2. The van der Waals surface area contributed by atoms with Gasteiger partial charge in [-0.3, -0.25) is 0 Å². The molecule has 0 fully saturated rings. The molecule has 10 rings (SSSR count). The molecule has 0 aliphatic heterocycles. The Morgan fingerprint density at radius 2 is 0.830 bits per heavy atom. The van der Waals surface area contributed by atoms with Crippen LogP contribution in [0.5, 0.6) is 0 Å². The molecule has 1 heterocycles. The third kappa shape index (κ3) is 5.47. The van der Waals surface area contributed by atoms with E-state index in [1.165, 1.54) is 27.3 Å². The van der Waals surface area contributed by atoms with Gasteiger partial charge < -0.3 is 14.2 Å². The van der Waals surface area contributed by atoms with Crippen molar-refractivity contribution in [1.29, 1.82) is 0 Å². The smallest absolute Gasteiger partial charge is 0.136 e. The Morgan fingerprint density at radius 1 is 0.283 bits per heavy atom. The minimum Gasteiger partial charge on any atom is -0.456 e. The molecule has 3 heteroatoms. The Bertz CT molecular complexity index is 2880. The highest BCUT2D eigenvalue weighted by Crippen LogP contribution is 2.46. The number of nitrogens with zero attached hydrogens (tertiary/aromatic N) is 2. The van der Waals surface area contributed by atoms with Crippen LogP contribution < -0.4 is 9.80 Å². The molecule has 53 heavy (non-hydrogen) atoms. The first-order valence-electron chi connectivity index (χ1n) is 18.0. The van der Waals surface area contributed by atoms with E-state index in [0.717, 1.165) is 61.4 Å². The van der Waals surface area contributed by atoms with E-state index in [9.17, 15) is 0 Å². The summed E-state index contributed by atoms with van der Waals surface area (Å²) in [5.74, 6) is 0. The summed E-state index contributed by atoms with van der Waals surface area (Å²) in [6, 6.07) is 73.4. The topological polar surface area (TPSA) is 19.6 Å². The van der Waals surface area contributed by atoms with Crippen molar-refractivity contribution in [3.05, 3.63) is 206 Å². The van der Waals surface area contributed by atoms with Crippen LogP contribution >= 0.6 is 0 Å². The van der Waals surface area contributed by atoms with Crippen LogP contribution in [0.15, 0.2) is 211 Å². The van der Waals surface area contributed by atoms with Gasteiger partial charge in [-0.25, -0.2) is 0 Å². The van der Waals surface area contributed by atoms with Gasteiger partial charge in [0.1, 0.15) is 11.2 Å². The number of hydrogen-bond donors (Lipinski definition) is 0. The predicted octanol–water partition coefficient (Wildman–Crippen LogP) is 14.5. The number of furan rings is 1. The number of anilines is 6. The van der Waals surface area contributed by atoms with Crippen LogP contribution in [0.4, 0.5) is 34.1 Å². The lowest BCUT2D eigenvalue weighted by molar-refractivity contribution is 0.669. The van der Waals surface area contributed by atoms with E-state index in [1.54, 1.807) is 0 Å². The Kier molecular flexibility index (Phi) is 7.47. The average Bonchev–Trinajstić information content (AvgIpc) is 3.60. The number of para-hydroxylation sites is 3. The Hall–Kier alpha value is -7.10.